The summed E-state index contributed by atoms with van der Waals surface area (Å²) in [6.07, 6.45) is 5.76. The zero-order chi connectivity index (χ0) is 14.4. The maximum Gasteiger partial charge on any atom is 0.0253 e. The van der Waals surface area contributed by atoms with E-state index in [1.165, 1.54) is 10.6 Å². The molecule has 1 nitrogen and oxygen atoms in total. The first kappa shape index (κ1) is 15.1. The molecule has 2 heteroatoms. The first-order valence-corrected chi connectivity index (χ1v) is 9.42. The average Bonchev–Trinajstić information content (AvgIpc) is 2.54. The zero-order valence-corrected chi connectivity index (χ0v) is 13.4. The molecular formula is C18H24NP. The number of hydrogen-bond donors (Lipinski definition) is 0. The van der Waals surface area contributed by atoms with E-state index in [9.17, 15) is 0 Å². The maximum absolute atomic E-state index is 4.72. The first-order chi connectivity index (χ1) is 9.70. The fourth-order valence-electron chi connectivity index (χ4n) is 2.50. The Kier molecular flexibility index (Phi) is 5.23. The summed E-state index contributed by atoms with van der Waals surface area (Å²) in [6, 6.07) is 21.6. The molecular weight excluding hydrogens is 261 g/mol. The van der Waals surface area contributed by atoms with Crippen molar-refractivity contribution in [2.75, 3.05) is 19.4 Å². The van der Waals surface area contributed by atoms with Crippen LogP contribution in [0.2, 0.25) is 0 Å². The summed E-state index contributed by atoms with van der Waals surface area (Å²) in [4.78, 5) is 2.49. The second-order valence-electron chi connectivity index (χ2n) is 5.08. The Morgan fingerprint density at radius 3 is 1.55 bits per heavy atom. The molecule has 0 saturated heterocycles. The molecule has 2 aromatic carbocycles. The van der Waals surface area contributed by atoms with Gasteiger partial charge in [0.2, 0.25) is 0 Å². The van der Waals surface area contributed by atoms with Gasteiger partial charge in [0.15, 0.2) is 0 Å². The highest BCUT2D eigenvalue weighted by Gasteiger charge is 2.21. The molecule has 2 rings (SSSR count). The quantitative estimate of drug-likeness (QED) is 0.735. The van der Waals surface area contributed by atoms with E-state index in [-0.39, 0.29) is 0 Å². The molecule has 0 unspecified atom stereocenters. The molecule has 0 fully saturated rings. The van der Waals surface area contributed by atoms with E-state index in [1.807, 2.05) is 0 Å². The zero-order valence-electron chi connectivity index (χ0n) is 12.5. The van der Waals surface area contributed by atoms with Crippen molar-refractivity contribution in [3.63, 3.8) is 0 Å². The summed E-state index contributed by atoms with van der Waals surface area (Å²) < 4.78 is 0. The van der Waals surface area contributed by atoms with Crippen molar-refractivity contribution in [3.8, 4) is 0 Å². The molecule has 0 aromatic heterocycles. The van der Waals surface area contributed by atoms with Gasteiger partial charge >= 0.3 is 0 Å². The van der Waals surface area contributed by atoms with E-state index in [1.54, 1.807) is 0 Å². The van der Waals surface area contributed by atoms with Crippen LogP contribution in [0.4, 0.5) is 0 Å². The lowest BCUT2D eigenvalue weighted by atomic mass is 10.4. The largest absolute Gasteiger partial charge is 0.299 e. The minimum atomic E-state index is -1.59. The predicted octanol–water partition coefficient (Wildman–Crippen LogP) is 3.39. The molecule has 2 aromatic rings. The van der Waals surface area contributed by atoms with Crippen molar-refractivity contribution in [1.82, 2.24) is 4.90 Å². The lowest BCUT2D eigenvalue weighted by Gasteiger charge is -2.31. The molecule has 20 heavy (non-hydrogen) atoms. The van der Waals surface area contributed by atoms with Crippen LogP contribution in [-0.2, 0) is 0 Å². The average molecular weight is 285 g/mol. The third-order valence-corrected chi connectivity index (χ3v) is 7.29. The summed E-state index contributed by atoms with van der Waals surface area (Å²) in [7, 11) is 0. The molecule has 0 spiro atoms. The molecule has 0 heterocycles. The van der Waals surface area contributed by atoms with Crippen LogP contribution >= 0.6 is 6.89 Å². The lowest BCUT2D eigenvalue weighted by Crippen LogP contribution is -2.31. The third-order valence-electron chi connectivity index (χ3n) is 3.84. The van der Waals surface area contributed by atoms with Crippen LogP contribution < -0.4 is 10.6 Å². The van der Waals surface area contributed by atoms with E-state index in [0.29, 0.717) is 0 Å². The van der Waals surface area contributed by atoms with E-state index in [0.717, 1.165) is 19.4 Å². The van der Waals surface area contributed by atoms with E-state index in [4.69, 9.17) is 6.30 Å². The van der Waals surface area contributed by atoms with Gasteiger partial charge in [-0.1, -0.05) is 80.8 Å². The summed E-state index contributed by atoms with van der Waals surface area (Å²) in [6.45, 7) is 5.02. The minimum absolute atomic E-state index is 1.05. The normalized spacial score (nSPS) is 11.8. The second kappa shape index (κ2) is 6.92. The van der Waals surface area contributed by atoms with Crippen molar-refractivity contribution in [3.05, 3.63) is 60.7 Å². The van der Waals surface area contributed by atoms with Gasteiger partial charge < -0.3 is 0 Å². The minimum Gasteiger partial charge on any atom is -0.299 e. The van der Waals surface area contributed by atoms with Crippen LogP contribution in [0.5, 0.6) is 0 Å². The summed E-state index contributed by atoms with van der Waals surface area (Å²) in [5, 5.41) is 2.77. The topological polar surface area (TPSA) is 3.24 Å². The number of rotatable bonds is 6. The van der Waals surface area contributed by atoms with Gasteiger partial charge in [0.25, 0.3) is 0 Å². The van der Waals surface area contributed by atoms with Gasteiger partial charge in [-0.05, 0) is 30.6 Å². The number of hydrogen-bond acceptors (Lipinski definition) is 1. The molecule has 0 aliphatic rings. The molecule has 0 radical (unpaired) electrons. The highest BCUT2D eigenvalue weighted by atomic mass is 31.2. The standard InChI is InChI=1S/C18H24NP/c1-4-19(5-2)16-20(3,17-12-8-6-9-13-17)18-14-10-7-11-15-18/h6-15H,3-5,16H2,1-2H3. The molecule has 0 aliphatic heterocycles. The molecule has 0 bridgehead atoms. The SMILES string of the molecule is C=P(CN(CC)CC)(c1ccccc1)c1ccccc1. The van der Waals surface area contributed by atoms with Crippen molar-refractivity contribution in [2.24, 2.45) is 0 Å². The number of benzene rings is 2. The Morgan fingerprint density at radius 2 is 1.20 bits per heavy atom. The Bertz CT molecular complexity index is 515. The van der Waals surface area contributed by atoms with Crippen LogP contribution in [0, 0.1) is 0 Å². The van der Waals surface area contributed by atoms with Gasteiger partial charge in [-0.2, -0.15) is 0 Å². The second-order valence-corrected chi connectivity index (χ2v) is 8.34. The molecule has 106 valence electrons. The fourth-order valence-corrected chi connectivity index (χ4v) is 5.70. The molecule has 0 aliphatic carbocycles. The highest BCUT2D eigenvalue weighted by Crippen LogP contribution is 2.43. The highest BCUT2D eigenvalue weighted by molar-refractivity contribution is 7.87. The van der Waals surface area contributed by atoms with Crippen LogP contribution in [0.15, 0.2) is 60.7 Å². The van der Waals surface area contributed by atoms with Gasteiger partial charge in [-0.3, -0.25) is 4.90 Å². The van der Waals surface area contributed by atoms with Crippen LogP contribution in [0.25, 0.3) is 0 Å². The van der Waals surface area contributed by atoms with Crippen molar-refractivity contribution < 1.29 is 0 Å². The summed E-state index contributed by atoms with van der Waals surface area (Å²) in [5.74, 6) is 0. The Hall–Kier alpha value is -1.30. The first-order valence-electron chi connectivity index (χ1n) is 7.26. The summed E-state index contributed by atoms with van der Waals surface area (Å²) in [5.41, 5.74) is 0. The van der Waals surface area contributed by atoms with Gasteiger partial charge in [-0.25, -0.2) is 0 Å². The Labute approximate surface area is 123 Å². The Morgan fingerprint density at radius 1 is 0.800 bits per heavy atom. The van der Waals surface area contributed by atoms with Crippen LogP contribution in [0.1, 0.15) is 13.8 Å². The molecule has 0 N–H and O–H groups in total. The molecule has 0 saturated carbocycles. The maximum atomic E-state index is 4.72. The van der Waals surface area contributed by atoms with Crippen molar-refractivity contribution in [2.45, 2.75) is 13.8 Å². The van der Waals surface area contributed by atoms with Gasteiger partial charge in [0.05, 0.1) is 0 Å². The van der Waals surface area contributed by atoms with Crippen molar-refractivity contribution in [1.29, 1.82) is 0 Å². The Balaban J connectivity index is 2.47. The predicted molar refractivity (Wildman–Crippen MR) is 94.0 cm³/mol. The lowest BCUT2D eigenvalue weighted by molar-refractivity contribution is 0.356. The van der Waals surface area contributed by atoms with E-state index in [2.05, 4.69) is 79.4 Å². The monoisotopic (exact) mass is 285 g/mol. The fraction of sp³-hybridized carbons (Fsp3) is 0.278. The van der Waals surface area contributed by atoms with Crippen molar-refractivity contribution >= 4 is 23.8 Å². The summed E-state index contributed by atoms with van der Waals surface area (Å²) >= 11 is 0. The number of nitrogens with zero attached hydrogens (tertiary/aromatic N) is 1. The van der Waals surface area contributed by atoms with E-state index < -0.39 is 6.89 Å². The third kappa shape index (κ3) is 3.23. The van der Waals surface area contributed by atoms with Crippen LogP contribution in [0.3, 0.4) is 0 Å². The van der Waals surface area contributed by atoms with Crippen LogP contribution in [-0.4, -0.2) is 30.6 Å². The molecule has 0 atom stereocenters. The van der Waals surface area contributed by atoms with E-state index >= 15 is 0 Å². The van der Waals surface area contributed by atoms with Gasteiger partial charge in [0.1, 0.15) is 0 Å². The smallest absolute Gasteiger partial charge is 0.0253 e. The molecule has 0 amide bonds. The van der Waals surface area contributed by atoms with Gasteiger partial charge in [-0.15, -0.1) is 0 Å². The van der Waals surface area contributed by atoms with Gasteiger partial charge in [0, 0.05) is 6.29 Å².